The van der Waals surface area contributed by atoms with Gasteiger partial charge in [0.1, 0.15) is 12.3 Å². The van der Waals surface area contributed by atoms with Crippen LogP contribution in [-0.4, -0.2) is 60.9 Å². The molecule has 0 saturated carbocycles. The van der Waals surface area contributed by atoms with Gasteiger partial charge in [0.25, 0.3) is 5.91 Å². The van der Waals surface area contributed by atoms with Gasteiger partial charge in [-0.1, -0.05) is 54.6 Å². The number of amides is 2. The number of fused-ring (bicyclic) bond motifs is 2. The van der Waals surface area contributed by atoms with E-state index in [-0.39, 0.29) is 25.0 Å². The Balaban J connectivity index is 1.21. The Morgan fingerprint density at radius 1 is 0.871 bits per heavy atom. The number of nitrogens with zero attached hydrogens (tertiary/aromatic N) is 3. The fraction of sp³-hybridized carbons (Fsp3) is 0.280. The van der Waals surface area contributed by atoms with E-state index in [1.165, 1.54) is 16.3 Å². The molecule has 3 aromatic carbocycles. The number of carbonyl (C=O) groups excluding carboxylic acids is 2. The highest BCUT2D eigenvalue weighted by molar-refractivity contribution is 6.02. The molecule has 0 aromatic heterocycles. The predicted octanol–water partition coefficient (Wildman–Crippen LogP) is 2.91. The Bertz CT molecular complexity index is 1120. The molecule has 1 fully saturated rings. The Kier molecular flexibility index (Phi) is 5.30. The lowest BCUT2D eigenvalue weighted by Gasteiger charge is -2.36. The minimum Gasteiger partial charge on any atom is -0.482 e. The fourth-order valence-electron chi connectivity index (χ4n) is 4.39. The average Bonchev–Trinajstić information content (AvgIpc) is 2.81. The van der Waals surface area contributed by atoms with E-state index in [1.54, 1.807) is 4.90 Å². The fourth-order valence-corrected chi connectivity index (χ4v) is 4.39. The van der Waals surface area contributed by atoms with Crippen LogP contribution in [-0.2, 0) is 16.1 Å². The summed E-state index contributed by atoms with van der Waals surface area (Å²) in [6.45, 7) is 3.89. The number of benzene rings is 3. The van der Waals surface area contributed by atoms with Crippen LogP contribution in [0.15, 0.2) is 66.7 Å². The second kappa shape index (κ2) is 8.40. The summed E-state index contributed by atoms with van der Waals surface area (Å²) in [5.41, 5.74) is 1.98. The van der Waals surface area contributed by atoms with E-state index in [4.69, 9.17) is 4.74 Å². The molecule has 0 atom stereocenters. The molecular weight excluding hydrogens is 390 g/mol. The van der Waals surface area contributed by atoms with Crippen LogP contribution in [0.3, 0.4) is 0 Å². The van der Waals surface area contributed by atoms with E-state index < -0.39 is 0 Å². The van der Waals surface area contributed by atoms with Crippen molar-refractivity contribution in [2.24, 2.45) is 0 Å². The second-order valence-corrected chi connectivity index (χ2v) is 8.03. The van der Waals surface area contributed by atoms with E-state index >= 15 is 0 Å². The number of hydrogen-bond acceptors (Lipinski definition) is 4. The van der Waals surface area contributed by atoms with Crippen molar-refractivity contribution >= 4 is 28.3 Å². The second-order valence-electron chi connectivity index (χ2n) is 8.03. The highest BCUT2D eigenvalue weighted by Crippen LogP contribution is 2.31. The molecule has 2 aliphatic rings. The van der Waals surface area contributed by atoms with Gasteiger partial charge in [0.2, 0.25) is 5.91 Å². The zero-order valence-corrected chi connectivity index (χ0v) is 17.4. The summed E-state index contributed by atoms with van der Waals surface area (Å²) in [6, 6.07) is 22.2. The van der Waals surface area contributed by atoms with Crippen LogP contribution in [0.5, 0.6) is 5.75 Å². The summed E-state index contributed by atoms with van der Waals surface area (Å²) in [5, 5.41) is 2.54. The third kappa shape index (κ3) is 3.99. The Labute approximate surface area is 181 Å². The van der Waals surface area contributed by atoms with Crippen molar-refractivity contribution < 1.29 is 14.3 Å². The van der Waals surface area contributed by atoms with Gasteiger partial charge in [-0.15, -0.1) is 0 Å². The molecule has 6 heteroatoms. The minimum absolute atomic E-state index is 0.0186. The molecule has 0 N–H and O–H groups in total. The van der Waals surface area contributed by atoms with Crippen molar-refractivity contribution in [2.75, 3.05) is 44.2 Å². The van der Waals surface area contributed by atoms with E-state index in [0.717, 1.165) is 19.6 Å². The van der Waals surface area contributed by atoms with Crippen molar-refractivity contribution in [3.63, 3.8) is 0 Å². The Morgan fingerprint density at radius 2 is 1.61 bits per heavy atom. The Morgan fingerprint density at radius 3 is 2.48 bits per heavy atom. The number of carbonyl (C=O) groups is 2. The molecule has 158 valence electrons. The van der Waals surface area contributed by atoms with E-state index in [1.807, 2.05) is 29.2 Å². The van der Waals surface area contributed by atoms with Gasteiger partial charge in [0.05, 0.1) is 5.69 Å². The van der Waals surface area contributed by atoms with E-state index in [2.05, 4.69) is 47.4 Å². The predicted molar refractivity (Wildman–Crippen MR) is 120 cm³/mol. The van der Waals surface area contributed by atoms with Crippen molar-refractivity contribution in [1.82, 2.24) is 9.80 Å². The van der Waals surface area contributed by atoms with Crippen LogP contribution in [0.25, 0.3) is 10.8 Å². The van der Waals surface area contributed by atoms with E-state index in [9.17, 15) is 9.59 Å². The Hall–Kier alpha value is -3.38. The van der Waals surface area contributed by atoms with Gasteiger partial charge in [0.15, 0.2) is 6.61 Å². The molecule has 3 aromatic rings. The highest BCUT2D eigenvalue weighted by Gasteiger charge is 2.29. The number of hydrogen-bond donors (Lipinski definition) is 0. The van der Waals surface area contributed by atoms with Crippen LogP contribution in [0.2, 0.25) is 0 Å². The van der Waals surface area contributed by atoms with Crippen molar-refractivity contribution in [1.29, 1.82) is 0 Å². The first kappa shape index (κ1) is 19.6. The molecule has 2 heterocycles. The zero-order valence-electron chi connectivity index (χ0n) is 17.4. The molecule has 5 rings (SSSR count). The van der Waals surface area contributed by atoms with Gasteiger partial charge in [-0.2, -0.15) is 0 Å². The molecular formula is C25H25N3O3. The lowest BCUT2D eigenvalue weighted by molar-refractivity contribution is -0.133. The van der Waals surface area contributed by atoms with Gasteiger partial charge >= 0.3 is 0 Å². The molecule has 0 aliphatic carbocycles. The molecule has 6 nitrogen and oxygen atoms in total. The smallest absolute Gasteiger partial charge is 0.265 e. The highest BCUT2D eigenvalue weighted by atomic mass is 16.5. The summed E-state index contributed by atoms with van der Waals surface area (Å²) >= 11 is 0. The third-order valence-electron chi connectivity index (χ3n) is 6.10. The average molecular weight is 415 g/mol. The minimum atomic E-state index is -0.179. The lowest BCUT2D eigenvalue weighted by atomic mass is 10.0. The molecule has 0 unspecified atom stereocenters. The van der Waals surface area contributed by atoms with Crippen LogP contribution in [0, 0.1) is 0 Å². The van der Waals surface area contributed by atoms with Crippen molar-refractivity contribution in [3.8, 4) is 5.75 Å². The van der Waals surface area contributed by atoms with Crippen LogP contribution < -0.4 is 9.64 Å². The topological polar surface area (TPSA) is 53.1 Å². The number of piperazine rings is 1. The zero-order chi connectivity index (χ0) is 21.2. The van der Waals surface area contributed by atoms with Crippen molar-refractivity contribution in [2.45, 2.75) is 6.54 Å². The maximum Gasteiger partial charge on any atom is 0.265 e. The standard InChI is InChI=1S/C25H25N3O3/c29-24(17-28-22-10-3-4-11-23(22)31-18-25(28)30)27-14-12-26(13-15-27)16-20-8-5-7-19-6-1-2-9-21(19)20/h1-11H,12-18H2. The first-order valence-corrected chi connectivity index (χ1v) is 10.7. The quantitative estimate of drug-likeness (QED) is 0.658. The maximum absolute atomic E-state index is 12.9. The van der Waals surface area contributed by atoms with Gasteiger partial charge in [-0.25, -0.2) is 0 Å². The van der Waals surface area contributed by atoms with Gasteiger partial charge < -0.3 is 9.64 Å². The van der Waals surface area contributed by atoms with Gasteiger partial charge in [-0.05, 0) is 28.5 Å². The monoisotopic (exact) mass is 415 g/mol. The third-order valence-corrected chi connectivity index (χ3v) is 6.10. The number of rotatable bonds is 4. The number of ether oxygens (including phenoxy) is 1. The van der Waals surface area contributed by atoms with E-state index in [0.29, 0.717) is 24.5 Å². The van der Waals surface area contributed by atoms with Crippen LogP contribution in [0.4, 0.5) is 5.69 Å². The maximum atomic E-state index is 12.9. The summed E-state index contributed by atoms with van der Waals surface area (Å²) in [7, 11) is 0. The molecule has 0 spiro atoms. The molecule has 2 amide bonds. The summed E-state index contributed by atoms with van der Waals surface area (Å²) < 4.78 is 5.47. The molecule has 0 radical (unpaired) electrons. The van der Waals surface area contributed by atoms with Crippen molar-refractivity contribution in [3.05, 3.63) is 72.3 Å². The molecule has 31 heavy (non-hydrogen) atoms. The summed E-state index contributed by atoms with van der Waals surface area (Å²) in [6.07, 6.45) is 0. The summed E-state index contributed by atoms with van der Waals surface area (Å²) in [5.74, 6) is 0.450. The normalized spacial score (nSPS) is 16.8. The van der Waals surface area contributed by atoms with Crippen LogP contribution in [0.1, 0.15) is 5.56 Å². The largest absolute Gasteiger partial charge is 0.482 e. The van der Waals surface area contributed by atoms with Crippen LogP contribution >= 0.6 is 0 Å². The first-order chi connectivity index (χ1) is 15.2. The molecule has 1 saturated heterocycles. The van der Waals surface area contributed by atoms with Gasteiger partial charge in [0, 0.05) is 32.7 Å². The summed E-state index contributed by atoms with van der Waals surface area (Å²) in [4.78, 5) is 31.1. The number of anilines is 1. The number of para-hydroxylation sites is 2. The SMILES string of the molecule is O=C(CN1C(=O)COc2ccccc21)N1CCN(Cc2cccc3ccccc23)CC1. The lowest BCUT2D eigenvalue weighted by Crippen LogP contribution is -2.52. The molecule has 2 aliphatic heterocycles. The van der Waals surface area contributed by atoms with Gasteiger partial charge in [-0.3, -0.25) is 19.4 Å². The molecule has 0 bridgehead atoms. The first-order valence-electron chi connectivity index (χ1n) is 10.7.